The predicted octanol–water partition coefficient (Wildman–Crippen LogP) is 4.78. The molecule has 0 fully saturated rings. The number of aromatic nitrogens is 5. The molecule has 3 aromatic heterocycles. The first-order valence-corrected chi connectivity index (χ1v) is 10.9. The number of carbonyl (C=O) groups excluding carboxylic acids is 1. The quantitative estimate of drug-likeness (QED) is 0.401. The van der Waals surface area contributed by atoms with Gasteiger partial charge in [-0.05, 0) is 36.8 Å². The molecule has 0 bridgehead atoms. The van der Waals surface area contributed by atoms with Gasteiger partial charge in [0.25, 0.3) is 5.91 Å². The lowest BCUT2D eigenvalue weighted by Gasteiger charge is -2.11. The van der Waals surface area contributed by atoms with E-state index in [2.05, 4.69) is 20.5 Å². The number of anilines is 2. The number of aryl methyl sites for hydroxylation is 2. The molecular weight excluding hydrogens is 426 g/mol. The summed E-state index contributed by atoms with van der Waals surface area (Å²) in [6.07, 6.45) is 3.66. The Morgan fingerprint density at radius 2 is 1.74 bits per heavy atom. The summed E-state index contributed by atoms with van der Waals surface area (Å²) in [4.78, 5) is 23.5. The molecule has 0 aliphatic rings. The average Bonchev–Trinajstić information content (AvgIpc) is 3.47. The minimum atomic E-state index is -0.0302. The second-order valence-corrected chi connectivity index (χ2v) is 8.47. The van der Waals surface area contributed by atoms with Crippen molar-refractivity contribution < 1.29 is 4.79 Å². The second-order valence-electron chi connectivity index (χ2n) is 8.47. The molecule has 0 spiro atoms. The normalized spacial score (nSPS) is 11.1. The zero-order chi connectivity index (χ0) is 23.8. The third kappa shape index (κ3) is 4.01. The van der Waals surface area contributed by atoms with Crippen LogP contribution in [0.2, 0.25) is 0 Å². The Kier molecular flexibility index (Phi) is 5.33. The van der Waals surface area contributed by atoms with Gasteiger partial charge >= 0.3 is 0 Å². The second kappa shape index (κ2) is 8.47. The van der Waals surface area contributed by atoms with Crippen molar-refractivity contribution in [3.05, 3.63) is 78.4 Å². The van der Waals surface area contributed by atoms with E-state index >= 15 is 0 Å². The largest absolute Gasteiger partial charge is 0.343 e. The lowest BCUT2D eigenvalue weighted by Crippen LogP contribution is -2.23. The van der Waals surface area contributed by atoms with Crippen LogP contribution in [0.15, 0.2) is 67.0 Å². The van der Waals surface area contributed by atoms with Gasteiger partial charge in [0.2, 0.25) is 0 Å². The molecule has 5 rings (SSSR count). The number of H-pyrrole nitrogens is 1. The summed E-state index contributed by atoms with van der Waals surface area (Å²) in [6, 6.07) is 18.0. The average molecular weight is 452 g/mol. The van der Waals surface area contributed by atoms with E-state index in [1.54, 1.807) is 25.2 Å². The van der Waals surface area contributed by atoms with Gasteiger partial charge in [0.1, 0.15) is 11.5 Å². The van der Waals surface area contributed by atoms with Gasteiger partial charge in [-0.15, -0.1) is 0 Å². The SMILES string of the molecule is Cc1cc(Nc2ccc(-c3cn[nH]c3)cc2)nc(-c2ccc3cc(C(=O)N(C)C)n(C)c3c2)n1. The molecule has 170 valence electrons. The number of hydrogen-bond acceptors (Lipinski definition) is 5. The molecule has 0 saturated carbocycles. The molecule has 2 aromatic carbocycles. The molecule has 8 nitrogen and oxygen atoms in total. The van der Waals surface area contributed by atoms with Gasteiger partial charge < -0.3 is 14.8 Å². The zero-order valence-electron chi connectivity index (χ0n) is 19.5. The molecule has 0 aliphatic carbocycles. The highest BCUT2D eigenvalue weighted by atomic mass is 16.2. The van der Waals surface area contributed by atoms with Crippen molar-refractivity contribution in [2.75, 3.05) is 19.4 Å². The number of aromatic amines is 1. The Morgan fingerprint density at radius 3 is 2.44 bits per heavy atom. The Balaban J connectivity index is 1.45. The fraction of sp³-hybridized carbons (Fsp3) is 0.154. The molecule has 0 saturated heterocycles. The smallest absolute Gasteiger partial charge is 0.269 e. The first kappa shape index (κ1) is 21.4. The van der Waals surface area contributed by atoms with E-state index in [1.165, 1.54) is 0 Å². The van der Waals surface area contributed by atoms with Crippen molar-refractivity contribution >= 4 is 28.3 Å². The topological polar surface area (TPSA) is 91.7 Å². The molecule has 1 amide bonds. The number of fused-ring (bicyclic) bond motifs is 1. The van der Waals surface area contributed by atoms with Crippen LogP contribution in [0.25, 0.3) is 33.4 Å². The zero-order valence-corrected chi connectivity index (χ0v) is 19.5. The number of carbonyl (C=O) groups is 1. The summed E-state index contributed by atoms with van der Waals surface area (Å²) in [7, 11) is 5.41. The molecule has 0 radical (unpaired) electrons. The first-order chi connectivity index (χ1) is 16.4. The van der Waals surface area contributed by atoms with E-state index in [1.807, 2.05) is 79.3 Å². The minimum Gasteiger partial charge on any atom is -0.343 e. The number of hydrogen-bond donors (Lipinski definition) is 2. The summed E-state index contributed by atoms with van der Waals surface area (Å²) in [6.45, 7) is 1.95. The maximum Gasteiger partial charge on any atom is 0.269 e. The third-order valence-corrected chi connectivity index (χ3v) is 5.77. The number of rotatable bonds is 5. The van der Waals surface area contributed by atoms with Crippen molar-refractivity contribution in [3.63, 3.8) is 0 Å². The van der Waals surface area contributed by atoms with Crippen LogP contribution in [-0.2, 0) is 7.05 Å². The third-order valence-electron chi connectivity index (χ3n) is 5.77. The molecule has 3 heterocycles. The van der Waals surface area contributed by atoms with Crippen molar-refractivity contribution in [2.24, 2.45) is 7.05 Å². The summed E-state index contributed by atoms with van der Waals surface area (Å²) in [5.74, 6) is 1.31. The fourth-order valence-electron chi connectivity index (χ4n) is 3.97. The van der Waals surface area contributed by atoms with Gasteiger partial charge in [-0.25, -0.2) is 9.97 Å². The monoisotopic (exact) mass is 451 g/mol. The Hall–Kier alpha value is -4.46. The molecular formula is C26H25N7O. The predicted molar refractivity (Wildman–Crippen MR) is 134 cm³/mol. The highest BCUT2D eigenvalue weighted by Gasteiger charge is 2.16. The van der Waals surface area contributed by atoms with Gasteiger partial charge in [0, 0.05) is 66.8 Å². The molecule has 0 unspecified atom stereocenters. The number of benzene rings is 2. The van der Waals surface area contributed by atoms with Crippen molar-refractivity contribution in [1.82, 2.24) is 29.6 Å². The van der Waals surface area contributed by atoms with E-state index in [-0.39, 0.29) is 5.91 Å². The van der Waals surface area contributed by atoms with Gasteiger partial charge in [0.05, 0.1) is 6.20 Å². The van der Waals surface area contributed by atoms with Crippen LogP contribution in [-0.4, -0.2) is 49.6 Å². The molecule has 5 aromatic rings. The van der Waals surface area contributed by atoms with E-state index in [0.717, 1.165) is 39.0 Å². The van der Waals surface area contributed by atoms with Crippen LogP contribution >= 0.6 is 0 Å². The van der Waals surface area contributed by atoms with Crippen molar-refractivity contribution in [1.29, 1.82) is 0 Å². The van der Waals surface area contributed by atoms with E-state index in [0.29, 0.717) is 17.3 Å². The maximum atomic E-state index is 12.5. The van der Waals surface area contributed by atoms with Crippen molar-refractivity contribution in [2.45, 2.75) is 6.92 Å². The molecule has 0 aliphatic heterocycles. The van der Waals surface area contributed by atoms with E-state index < -0.39 is 0 Å². The van der Waals surface area contributed by atoms with Gasteiger partial charge in [0.15, 0.2) is 5.82 Å². The van der Waals surface area contributed by atoms with Crippen LogP contribution in [0, 0.1) is 6.92 Å². The molecule has 0 atom stereocenters. The summed E-state index contributed by atoms with van der Waals surface area (Å²) in [5, 5.41) is 11.2. The summed E-state index contributed by atoms with van der Waals surface area (Å²) >= 11 is 0. The highest BCUT2D eigenvalue weighted by Crippen LogP contribution is 2.27. The number of nitrogens with zero attached hydrogens (tertiary/aromatic N) is 5. The number of nitrogens with one attached hydrogen (secondary N) is 2. The lowest BCUT2D eigenvalue weighted by molar-refractivity contribution is 0.0819. The lowest BCUT2D eigenvalue weighted by atomic mass is 10.1. The van der Waals surface area contributed by atoms with Crippen LogP contribution in [0.4, 0.5) is 11.5 Å². The van der Waals surface area contributed by atoms with Crippen LogP contribution in [0.3, 0.4) is 0 Å². The van der Waals surface area contributed by atoms with Gasteiger partial charge in [-0.3, -0.25) is 9.89 Å². The Bertz CT molecular complexity index is 1480. The van der Waals surface area contributed by atoms with E-state index in [4.69, 9.17) is 4.98 Å². The summed E-state index contributed by atoms with van der Waals surface area (Å²) in [5.41, 5.74) is 6.40. The minimum absolute atomic E-state index is 0.0302. The van der Waals surface area contributed by atoms with Crippen LogP contribution in [0.5, 0.6) is 0 Å². The highest BCUT2D eigenvalue weighted by molar-refractivity contribution is 5.99. The first-order valence-electron chi connectivity index (χ1n) is 10.9. The molecule has 34 heavy (non-hydrogen) atoms. The van der Waals surface area contributed by atoms with Crippen LogP contribution in [0.1, 0.15) is 16.2 Å². The Labute approximate surface area is 197 Å². The number of amides is 1. The standard InChI is InChI=1S/C26H25N7O/c1-16-11-24(30-21-9-7-17(8-10-21)20-14-27-28-15-20)31-25(29-16)19-6-5-18-12-23(26(34)32(2)3)33(4)22(18)13-19/h5-15H,1-4H3,(H,27,28)(H,29,30,31). The van der Waals surface area contributed by atoms with E-state index in [9.17, 15) is 4.79 Å². The summed E-state index contributed by atoms with van der Waals surface area (Å²) < 4.78 is 1.91. The van der Waals surface area contributed by atoms with Crippen LogP contribution < -0.4 is 5.32 Å². The van der Waals surface area contributed by atoms with Gasteiger partial charge in [-0.2, -0.15) is 5.10 Å². The van der Waals surface area contributed by atoms with Gasteiger partial charge in [-0.1, -0.05) is 24.3 Å². The molecule has 8 heteroatoms. The molecule has 2 N–H and O–H groups in total. The fourth-order valence-corrected chi connectivity index (χ4v) is 3.97. The maximum absolute atomic E-state index is 12.5. The Morgan fingerprint density at radius 1 is 0.971 bits per heavy atom. The van der Waals surface area contributed by atoms with Crippen molar-refractivity contribution in [3.8, 4) is 22.5 Å².